The molecule has 20 heavy (non-hydrogen) atoms. The van der Waals surface area contributed by atoms with E-state index in [4.69, 9.17) is 9.05 Å². The van der Waals surface area contributed by atoms with Crippen molar-refractivity contribution in [2.24, 2.45) is 0 Å². The predicted octanol–water partition coefficient (Wildman–Crippen LogP) is 4.72. The van der Waals surface area contributed by atoms with Crippen LogP contribution in [0.1, 0.15) is 50.3 Å². The zero-order valence-electron chi connectivity index (χ0n) is 12.9. The second kappa shape index (κ2) is 5.75. The normalized spacial score (nSPS) is 21.6. The van der Waals surface area contributed by atoms with Gasteiger partial charge in [-0.25, -0.2) is 4.57 Å². The first-order valence-corrected chi connectivity index (χ1v) is 8.80. The van der Waals surface area contributed by atoms with Crippen LogP contribution in [0.5, 0.6) is 0 Å². The fourth-order valence-corrected chi connectivity index (χ4v) is 4.95. The van der Waals surface area contributed by atoms with Crippen LogP contribution in [-0.2, 0) is 13.6 Å². The number of hydrogen-bond acceptors (Lipinski definition) is 3. The van der Waals surface area contributed by atoms with Crippen molar-refractivity contribution >= 4 is 18.5 Å². The van der Waals surface area contributed by atoms with Crippen LogP contribution in [0, 0.1) is 13.8 Å². The van der Waals surface area contributed by atoms with E-state index in [0.717, 1.165) is 46.2 Å². The topological polar surface area (TPSA) is 35.5 Å². The van der Waals surface area contributed by atoms with Gasteiger partial charge in [-0.2, -0.15) is 0 Å². The average molecular weight is 294 g/mol. The first-order chi connectivity index (χ1) is 9.48. The highest BCUT2D eigenvalue weighted by Crippen LogP contribution is 2.56. The molecular weight excluding hydrogens is 271 g/mol. The van der Waals surface area contributed by atoms with Gasteiger partial charge in [0.25, 0.3) is 0 Å². The molecule has 0 saturated carbocycles. The Morgan fingerprint density at radius 2 is 1.85 bits per heavy atom. The molecule has 0 fully saturated rings. The van der Waals surface area contributed by atoms with E-state index >= 15 is 0 Å². The summed E-state index contributed by atoms with van der Waals surface area (Å²) in [6.07, 6.45) is 1.59. The van der Waals surface area contributed by atoms with Gasteiger partial charge < -0.3 is 4.52 Å². The van der Waals surface area contributed by atoms with Crippen LogP contribution in [0.15, 0.2) is 17.9 Å². The summed E-state index contributed by atoms with van der Waals surface area (Å²) >= 11 is 0. The van der Waals surface area contributed by atoms with Crippen LogP contribution in [-0.4, -0.2) is 6.61 Å². The van der Waals surface area contributed by atoms with E-state index in [9.17, 15) is 4.57 Å². The predicted molar refractivity (Wildman–Crippen MR) is 83.4 cm³/mol. The molecule has 4 heteroatoms. The molecule has 0 saturated heterocycles. The molecule has 0 aromatic heterocycles. The van der Waals surface area contributed by atoms with E-state index < -0.39 is 7.60 Å². The van der Waals surface area contributed by atoms with Crippen molar-refractivity contribution in [3.63, 3.8) is 0 Å². The summed E-state index contributed by atoms with van der Waals surface area (Å²) < 4.78 is 24.6. The number of fused-ring (bicyclic) bond motifs is 1. The third-order valence-electron chi connectivity index (χ3n) is 3.84. The van der Waals surface area contributed by atoms with Crippen LogP contribution in [0.25, 0.3) is 5.57 Å². The maximum Gasteiger partial charge on any atom is 0.411 e. The monoisotopic (exact) mass is 294 g/mol. The molecule has 1 aromatic carbocycles. The Labute approximate surface area is 121 Å². The van der Waals surface area contributed by atoms with Crippen molar-refractivity contribution in [3.8, 4) is 0 Å². The summed E-state index contributed by atoms with van der Waals surface area (Å²) in [7, 11) is -3.25. The standard InChI is InChI=1S/C16H23O3P/c1-6-13-14-10-9-11(4)12(5)16(14)20(17,18-8-3)19-15(13)7-2/h9-10H,6-8H2,1-5H3. The molecule has 0 radical (unpaired) electrons. The molecule has 1 aromatic rings. The quantitative estimate of drug-likeness (QED) is 0.754. The van der Waals surface area contributed by atoms with E-state index in [0.29, 0.717) is 6.61 Å². The van der Waals surface area contributed by atoms with Gasteiger partial charge >= 0.3 is 7.60 Å². The number of rotatable bonds is 4. The second-order valence-corrected chi connectivity index (χ2v) is 6.90. The van der Waals surface area contributed by atoms with Gasteiger partial charge in [-0.05, 0) is 49.5 Å². The van der Waals surface area contributed by atoms with Gasteiger partial charge in [-0.3, -0.25) is 4.52 Å². The molecule has 0 N–H and O–H groups in total. The summed E-state index contributed by atoms with van der Waals surface area (Å²) in [5, 5.41) is 0.758. The molecule has 0 spiro atoms. The van der Waals surface area contributed by atoms with Crippen LogP contribution in [0.4, 0.5) is 0 Å². The lowest BCUT2D eigenvalue weighted by molar-refractivity contribution is 0.255. The Morgan fingerprint density at radius 3 is 2.40 bits per heavy atom. The Kier molecular flexibility index (Phi) is 4.41. The third kappa shape index (κ3) is 2.34. The van der Waals surface area contributed by atoms with Crippen LogP contribution < -0.4 is 5.30 Å². The molecule has 1 atom stereocenters. The number of aryl methyl sites for hydroxylation is 1. The molecule has 2 rings (SSSR count). The van der Waals surface area contributed by atoms with Crippen molar-refractivity contribution in [3.05, 3.63) is 34.6 Å². The van der Waals surface area contributed by atoms with Crippen molar-refractivity contribution in [1.82, 2.24) is 0 Å². The van der Waals surface area contributed by atoms with Gasteiger partial charge in [0.1, 0.15) is 5.76 Å². The van der Waals surface area contributed by atoms with E-state index in [-0.39, 0.29) is 0 Å². The molecule has 1 aliphatic rings. The van der Waals surface area contributed by atoms with Crippen LogP contribution in [0.2, 0.25) is 0 Å². The van der Waals surface area contributed by atoms with Crippen molar-refractivity contribution in [2.45, 2.75) is 47.5 Å². The number of hydrogen-bond donors (Lipinski definition) is 0. The van der Waals surface area contributed by atoms with E-state index in [1.54, 1.807) is 0 Å². The smallest absolute Gasteiger partial charge is 0.411 e. The SMILES string of the molecule is CCOP1(=O)OC(CC)=C(CC)c2ccc(C)c(C)c21. The molecule has 0 bridgehead atoms. The highest BCUT2D eigenvalue weighted by molar-refractivity contribution is 7.62. The first-order valence-electron chi connectivity index (χ1n) is 7.25. The van der Waals surface area contributed by atoms with Crippen molar-refractivity contribution in [2.75, 3.05) is 6.61 Å². The molecular formula is C16H23O3P. The lowest BCUT2D eigenvalue weighted by Crippen LogP contribution is -2.23. The molecule has 0 aliphatic carbocycles. The molecule has 1 aliphatic heterocycles. The minimum atomic E-state index is -3.25. The fraction of sp³-hybridized carbons (Fsp3) is 0.500. The highest BCUT2D eigenvalue weighted by atomic mass is 31.2. The molecule has 0 amide bonds. The Balaban J connectivity index is 2.77. The summed E-state index contributed by atoms with van der Waals surface area (Å²) in [5.41, 5.74) is 4.32. The minimum Gasteiger partial charge on any atom is -0.425 e. The van der Waals surface area contributed by atoms with Crippen LogP contribution >= 0.6 is 7.60 Å². The van der Waals surface area contributed by atoms with Gasteiger partial charge in [0, 0.05) is 6.42 Å². The maximum atomic E-state index is 13.2. The van der Waals surface area contributed by atoms with Gasteiger partial charge in [0.2, 0.25) is 0 Å². The summed E-state index contributed by atoms with van der Waals surface area (Å²) in [5.74, 6) is 0.806. The Morgan fingerprint density at radius 1 is 1.15 bits per heavy atom. The molecule has 110 valence electrons. The van der Waals surface area contributed by atoms with Crippen LogP contribution in [0.3, 0.4) is 0 Å². The summed E-state index contributed by atoms with van der Waals surface area (Å²) in [4.78, 5) is 0. The first kappa shape index (κ1) is 15.3. The van der Waals surface area contributed by atoms with E-state index in [1.807, 2.05) is 27.7 Å². The van der Waals surface area contributed by atoms with Gasteiger partial charge in [0.05, 0.1) is 11.9 Å². The Bertz CT molecular complexity index is 602. The molecule has 1 heterocycles. The molecule has 1 unspecified atom stereocenters. The van der Waals surface area contributed by atoms with Gasteiger partial charge in [-0.1, -0.05) is 26.0 Å². The van der Waals surface area contributed by atoms with E-state index in [1.165, 1.54) is 0 Å². The minimum absolute atomic E-state index is 0.378. The largest absolute Gasteiger partial charge is 0.425 e. The van der Waals surface area contributed by atoms with E-state index in [2.05, 4.69) is 19.1 Å². The second-order valence-electron chi connectivity index (χ2n) is 5.02. The van der Waals surface area contributed by atoms with Gasteiger partial charge in [-0.15, -0.1) is 0 Å². The zero-order valence-corrected chi connectivity index (χ0v) is 13.8. The van der Waals surface area contributed by atoms with Crippen molar-refractivity contribution in [1.29, 1.82) is 0 Å². The highest BCUT2D eigenvalue weighted by Gasteiger charge is 2.39. The third-order valence-corrected chi connectivity index (χ3v) is 6.02. The maximum absolute atomic E-state index is 13.2. The summed E-state index contributed by atoms with van der Waals surface area (Å²) in [6, 6.07) is 4.14. The lowest BCUT2D eigenvalue weighted by atomic mass is 9.97. The Hall–Kier alpha value is -1.05. The van der Waals surface area contributed by atoms with Crippen molar-refractivity contribution < 1.29 is 13.6 Å². The number of benzene rings is 1. The molecule has 3 nitrogen and oxygen atoms in total. The zero-order chi connectivity index (χ0) is 14.9. The van der Waals surface area contributed by atoms with Gasteiger partial charge in [0.15, 0.2) is 0 Å². The number of allylic oxidation sites excluding steroid dienone is 2. The lowest BCUT2D eigenvalue weighted by Gasteiger charge is -2.31. The average Bonchev–Trinajstić information content (AvgIpc) is 2.42. The summed E-state index contributed by atoms with van der Waals surface area (Å²) in [6.45, 7) is 10.4. The fourth-order valence-electron chi connectivity index (χ4n) is 2.72.